The maximum absolute atomic E-state index is 14.9. The molecule has 7 nitrogen and oxygen atoms in total. The fourth-order valence-corrected chi connectivity index (χ4v) is 13.3. The van der Waals surface area contributed by atoms with E-state index in [1.54, 1.807) is 5.70 Å². The minimum absolute atomic E-state index is 0.130. The Bertz CT molecular complexity index is 1810. The Labute approximate surface area is 297 Å². The molecule has 4 fully saturated rings. The van der Waals surface area contributed by atoms with E-state index in [-0.39, 0.29) is 17.9 Å². The largest absolute Gasteiger partial charge is 0.449 e. The van der Waals surface area contributed by atoms with Crippen LogP contribution in [0, 0.1) is 40.4 Å². The number of fused-ring (bicyclic) bond motifs is 2. The first-order valence-corrected chi connectivity index (χ1v) is 19.9. The second-order valence-electron chi connectivity index (χ2n) is 17.6. The first kappa shape index (κ1) is 31.6. The summed E-state index contributed by atoms with van der Waals surface area (Å²) in [4.78, 5) is 34.7. The van der Waals surface area contributed by atoms with Crippen molar-refractivity contribution < 1.29 is 19.1 Å². The number of benzene rings is 1. The average molecular weight is 676 g/mol. The summed E-state index contributed by atoms with van der Waals surface area (Å²) in [6.45, 7) is 10.9. The van der Waals surface area contributed by atoms with E-state index in [2.05, 4.69) is 73.1 Å². The van der Waals surface area contributed by atoms with Crippen LogP contribution in [0.3, 0.4) is 0 Å². The minimum Gasteiger partial charge on any atom is -0.449 e. The van der Waals surface area contributed by atoms with Crippen molar-refractivity contribution in [3.8, 4) is 0 Å². The Balaban J connectivity index is 1.21. The molecule has 10 bridgehead atoms. The maximum atomic E-state index is 14.9. The number of piperidine rings is 2. The van der Waals surface area contributed by atoms with Crippen molar-refractivity contribution in [1.29, 1.82) is 0 Å². The van der Waals surface area contributed by atoms with Gasteiger partial charge in [0, 0.05) is 48.8 Å². The predicted octanol–water partition coefficient (Wildman–Crippen LogP) is 6.79. The standard InChI is InChI=1S/C43H53N3O4/c1-4-7-35-41-21-30-15-16-42(41,43(35)33-10-5-8-28(9-6-17-44)37(33)39(47)50-43)36(49-40(41)48)14-11-26(3)45-22-27-20-31(24-45)34-13-12-29-18-25(2)19-32(30)38(29)46(34)23-27/h5,8,10,12-14,21,25-27,31-32,34-35H,4,6-7,9,11,15-20,22-24,44H2,1-3H3. The van der Waals surface area contributed by atoms with Gasteiger partial charge in [0.2, 0.25) is 0 Å². The van der Waals surface area contributed by atoms with Crippen LogP contribution in [0.2, 0.25) is 0 Å². The highest BCUT2D eigenvalue weighted by Gasteiger charge is 2.91. The zero-order valence-electron chi connectivity index (χ0n) is 30.1. The number of carbonyl (C=O) groups excluding carboxylic acids is 2. The third-order valence-electron chi connectivity index (χ3n) is 15.1. The number of hydrogen-bond acceptors (Lipinski definition) is 7. The van der Waals surface area contributed by atoms with Crippen molar-refractivity contribution in [2.24, 2.45) is 46.2 Å². The van der Waals surface area contributed by atoms with E-state index in [0.717, 1.165) is 94.3 Å². The maximum Gasteiger partial charge on any atom is 0.339 e. The first-order chi connectivity index (χ1) is 24.3. The van der Waals surface area contributed by atoms with Crippen molar-refractivity contribution in [2.45, 2.75) is 103 Å². The van der Waals surface area contributed by atoms with E-state index in [1.165, 1.54) is 17.6 Å². The van der Waals surface area contributed by atoms with Crippen molar-refractivity contribution in [2.75, 3.05) is 26.2 Å². The molecule has 11 atom stereocenters. The Kier molecular flexibility index (Phi) is 6.90. The zero-order chi connectivity index (χ0) is 34.2. The molecular weight excluding hydrogens is 622 g/mol. The highest BCUT2D eigenvalue weighted by molar-refractivity contribution is 5.99. The summed E-state index contributed by atoms with van der Waals surface area (Å²) in [7, 11) is 0. The molecule has 0 amide bonds. The van der Waals surface area contributed by atoms with Gasteiger partial charge in [-0.3, -0.25) is 9.69 Å². The SMILES string of the molecule is CCCC1C23C=C4CCC2(C(=CCC(C)N2CC5CC(C2)C2C=CC6=C(C4CC(C)C6)N2C5)OC3=O)C12OC(=O)c1c(CCCN)cccc12. The lowest BCUT2D eigenvalue weighted by molar-refractivity contribution is -0.271. The van der Waals surface area contributed by atoms with Crippen molar-refractivity contribution in [1.82, 2.24) is 9.80 Å². The molecule has 264 valence electrons. The molecule has 7 heteroatoms. The lowest BCUT2D eigenvalue weighted by Gasteiger charge is -2.69. The number of hydrogen-bond donors (Lipinski definition) is 1. The topological polar surface area (TPSA) is 85.1 Å². The van der Waals surface area contributed by atoms with Gasteiger partial charge in [0.1, 0.15) is 11.2 Å². The van der Waals surface area contributed by atoms with Crippen LogP contribution in [0.5, 0.6) is 0 Å². The molecule has 9 aliphatic heterocycles. The second kappa shape index (κ2) is 10.9. The number of carbonyl (C=O) groups is 2. The van der Waals surface area contributed by atoms with Crippen LogP contribution in [-0.2, 0) is 26.3 Å². The molecule has 1 aromatic carbocycles. The number of rotatable bonds is 5. The van der Waals surface area contributed by atoms with Gasteiger partial charge in [-0.2, -0.15) is 0 Å². The molecule has 9 heterocycles. The summed E-state index contributed by atoms with van der Waals surface area (Å²) in [5.74, 6) is 2.36. The van der Waals surface area contributed by atoms with Crippen LogP contribution < -0.4 is 5.73 Å². The minimum atomic E-state index is -0.935. The van der Waals surface area contributed by atoms with Gasteiger partial charge in [-0.15, -0.1) is 0 Å². The Morgan fingerprint density at radius 1 is 1.10 bits per heavy atom. The summed E-state index contributed by atoms with van der Waals surface area (Å²) in [5.41, 5.74) is 10.6. The second-order valence-corrected chi connectivity index (χ2v) is 17.6. The highest BCUT2D eigenvalue weighted by atomic mass is 16.6. The molecule has 13 rings (SSSR count). The number of ether oxygens (including phenoxy) is 2. The van der Waals surface area contributed by atoms with Crippen LogP contribution in [-0.4, -0.2) is 60.0 Å². The summed E-state index contributed by atoms with van der Waals surface area (Å²) in [6.07, 6.45) is 18.9. The monoisotopic (exact) mass is 675 g/mol. The molecule has 2 N–H and O–H groups in total. The van der Waals surface area contributed by atoms with Crippen LogP contribution in [0.4, 0.5) is 0 Å². The number of aryl methyl sites for hydroxylation is 1. The van der Waals surface area contributed by atoms with E-state index >= 15 is 0 Å². The smallest absolute Gasteiger partial charge is 0.339 e. The molecule has 12 aliphatic rings. The van der Waals surface area contributed by atoms with Gasteiger partial charge in [0.15, 0.2) is 5.60 Å². The third kappa shape index (κ3) is 3.74. The van der Waals surface area contributed by atoms with E-state index in [0.29, 0.717) is 47.9 Å². The molecule has 3 aliphatic carbocycles. The number of nitrogens with two attached hydrogens (primary N) is 1. The molecule has 2 spiro atoms. The van der Waals surface area contributed by atoms with E-state index in [9.17, 15) is 9.59 Å². The predicted molar refractivity (Wildman–Crippen MR) is 191 cm³/mol. The number of nitrogens with zero attached hydrogens (tertiary/aromatic N) is 2. The van der Waals surface area contributed by atoms with Gasteiger partial charge >= 0.3 is 11.9 Å². The fraction of sp³-hybridized carbons (Fsp3) is 0.628. The molecule has 0 radical (unpaired) electrons. The van der Waals surface area contributed by atoms with E-state index in [4.69, 9.17) is 15.2 Å². The average Bonchev–Trinajstić information content (AvgIpc) is 3.55. The van der Waals surface area contributed by atoms with Crippen molar-refractivity contribution >= 4 is 11.9 Å². The van der Waals surface area contributed by atoms with Gasteiger partial charge in [-0.05, 0) is 106 Å². The zero-order valence-corrected chi connectivity index (χ0v) is 30.1. The lowest BCUT2D eigenvalue weighted by Crippen LogP contribution is -2.75. The molecule has 3 saturated heterocycles. The van der Waals surface area contributed by atoms with Crippen LogP contribution in [0.15, 0.2) is 65.1 Å². The summed E-state index contributed by atoms with van der Waals surface area (Å²) < 4.78 is 13.6. The molecule has 0 aromatic heterocycles. The van der Waals surface area contributed by atoms with Crippen LogP contribution >= 0.6 is 0 Å². The summed E-state index contributed by atoms with van der Waals surface area (Å²) >= 11 is 0. The normalized spacial score (nSPS) is 43.2. The number of allylic oxidation sites excluding steroid dienone is 3. The van der Waals surface area contributed by atoms with Gasteiger partial charge < -0.3 is 20.1 Å². The lowest BCUT2D eigenvalue weighted by atomic mass is 9.31. The Morgan fingerprint density at radius 3 is 2.82 bits per heavy atom. The molecular formula is C43H53N3O4. The quantitative estimate of drug-likeness (QED) is 0.272. The Hall–Kier alpha value is -3.16. The fourth-order valence-electron chi connectivity index (χ4n) is 13.3. The van der Waals surface area contributed by atoms with Gasteiger partial charge in [-0.1, -0.05) is 62.3 Å². The third-order valence-corrected chi connectivity index (χ3v) is 15.1. The Morgan fingerprint density at radius 2 is 1.98 bits per heavy atom. The molecule has 11 unspecified atom stereocenters. The molecule has 50 heavy (non-hydrogen) atoms. The number of esters is 2. The van der Waals surface area contributed by atoms with Crippen molar-refractivity contribution in [3.05, 3.63) is 81.8 Å². The van der Waals surface area contributed by atoms with Gasteiger partial charge in [0.25, 0.3) is 0 Å². The van der Waals surface area contributed by atoms with Gasteiger partial charge in [-0.25, -0.2) is 4.79 Å². The molecule has 1 saturated carbocycles. The van der Waals surface area contributed by atoms with Crippen LogP contribution in [0.25, 0.3) is 0 Å². The van der Waals surface area contributed by atoms with Gasteiger partial charge in [0.05, 0.1) is 17.0 Å². The summed E-state index contributed by atoms with van der Waals surface area (Å²) in [6, 6.07) is 7.05. The summed E-state index contributed by atoms with van der Waals surface area (Å²) in [5, 5.41) is 0. The highest BCUT2D eigenvalue weighted by Crippen LogP contribution is 2.84. The molecule has 1 aromatic rings. The first-order valence-electron chi connectivity index (χ1n) is 19.9. The van der Waals surface area contributed by atoms with E-state index in [1.807, 2.05) is 0 Å². The van der Waals surface area contributed by atoms with Crippen LogP contribution in [0.1, 0.15) is 100 Å². The van der Waals surface area contributed by atoms with Crippen molar-refractivity contribution in [3.63, 3.8) is 0 Å². The van der Waals surface area contributed by atoms with E-state index < -0.39 is 16.4 Å².